The van der Waals surface area contributed by atoms with Crippen molar-refractivity contribution in [3.8, 4) is 0 Å². The molecule has 0 saturated heterocycles. The summed E-state index contributed by atoms with van der Waals surface area (Å²) in [5.74, 6) is 0.440. The van der Waals surface area contributed by atoms with Gasteiger partial charge in [0, 0.05) is 10.9 Å². The monoisotopic (exact) mass is 236 g/mol. The van der Waals surface area contributed by atoms with Crippen molar-refractivity contribution in [3.63, 3.8) is 0 Å². The van der Waals surface area contributed by atoms with E-state index in [1.807, 2.05) is 12.1 Å². The van der Waals surface area contributed by atoms with Crippen LogP contribution in [0.2, 0.25) is 5.02 Å². The molecule has 0 aromatic heterocycles. The lowest BCUT2D eigenvalue weighted by molar-refractivity contribution is 0.365. The summed E-state index contributed by atoms with van der Waals surface area (Å²) in [6.45, 7) is 11.1. The lowest BCUT2D eigenvalue weighted by Gasteiger charge is -2.29. The average Bonchev–Trinajstić information content (AvgIpc) is 2.14. The second-order valence-corrected chi connectivity index (χ2v) is 6.08. The number of halogens is 1. The van der Waals surface area contributed by atoms with Gasteiger partial charge in [-0.2, -0.15) is 0 Å². The summed E-state index contributed by atoms with van der Waals surface area (Å²) in [4.78, 5) is 0. The van der Waals surface area contributed by atoms with Crippen molar-refractivity contribution in [2.45, 2.75) is 40.5 Å². The molecule has 16 heavy (non-hydrogen) atoms. The topological polar surface area (TPSA) is 0 Å². The second kappa shape index (κ2) is 5.05. The SMILES string of the molecule is CC(C)=CC(c1ccc(Cl)cc1)C(C)(C)C. The summed E-state index contributed by atoms with van der Waals surface area (Å²) in [5.41, 5.74) is 2.92. The minimum absolute atomic E-state index is 0.227. The largest absolute Gasteiger partial charge is 0.0843 e. The molecule has 0 fully saturated rings. The number of allylic oxidation sites excluding steroid dienone is 2. The van der Waals surface area contributed by atoms with Gasteiger partial charge in [0.25, 0.3) is 0 Å². The summed E-state index contributed by atoms with van der Waals surface area (Å²) >= 11 is 5.92. The highest BCUT2D eigenvalue weighted by Crippen LogP contribution is 2.37. The molecule has 88 valence electrons. The van der Waals surface area contributed by atoms with Crippen LogP contribution in [-0.4, -0.2) is 0 Å². The second-order valence-electron chi connectivity index (χ2n) is 5.64. The number of rotatable bonds is 2. The minimum atomic E-state index is 0.227. The van der Waals surface area contributed by atoms with E-state index >= 15 is 0 Å². The van der Waals surface area contributed by atoms with Gasteiger partial charge in [0.05, 0.1) is 0 Å². The Bertz CT molecular complexity index is 361. The third kappa shape index (κ3) is 3.68. The van der Waals surface area contributed by atoms with Crippen LogP contribution < -0.4 is 0 Å². The Hall–Kier alpha value is -0.750. The molecule has 0 N–H and O–H groups in total. The maximum Gasteiger partial charge on any atom is 0.0406 e. The summed E-state index contributed by atoms with van der Waals surface area (Å²) < 4.78 is 0. The molecule has 0 bridgehead atoms. The van der Waals surface area contributed by atoms with Crippen LogP contribution in [0, 0.1) is 5.41 Å². The van der Waals surface area contributed by atoms with Crippen LogP contribution in [0.1, 0.15) is 46.1 Å². The Labute approximate surface area is 104 Å². The molecular weight excluding hydrogens is 216 g/mol. The van der Waals surface area contributed by atoms with E-state index in [2.05, 4.69) is 52.8 Å². The van der Waals surface area contributed by atoms with Crippen LogP contribution in [0.4, 0.5) is 0 Å². The van der Waals surface area contributed by atoms with Gasteiger partial charge in [0.1, 0.15) is 0 Å². The molecule has 0 aliphatic heterocycles. The molecule has 1 aromatic rings. The quantitative estimate of drug-likeness (QED) is 0.600. The summed E-state index contributed by atoms with van der Waals surface area (Å²) in [7, 11) is 0. The lowest BCUT2D eigenvalue weighted by Crippen LogP contribution is -2.16. The zero-order chi connectivity index (χ0) is 12.3. The molecule has 1 atom stereocenters. The van der Waals surface area contributed by atoms with Gasteiger partial charge < -0.3 is 0 Å². The third-order valence-corrected chi connectivity index (χ3v) is 2.91. The molecule has 0 aliphatic rings. The zero-order valence-electron chi connectivity index (χ0n) is 10.8. The first-order valence-electron chi connectivity index (χ1n) is 5.71. The fraction of sp³-hybridized carbons (Fsp3) is 0.467. The molecule has 1 aromatic carbocycles. The van der Waals surface area contributed by atoms with Crippen molar-refractivity contribution in [1.82, 2.24) is 0 Å². The number of hydrogen-bond donors (Lipinski definition) is 0. The summed E-state index contributed by atoms with van der Waals surface area (Å²) in [5, 5.41) is 0.800. The van der Waals surface area contributed by atoms with Crippen LogP contribution in [-0.2, 0) is 0 Å². The molecular formula is C15H21Cl. The number of hydrogen-bond acceptors (Lipinski definition) is 0. The Morgan fingerprint density at radius 2 is 1.62 bits per heavy atom. The molecule has 0 spiro atoms. The first kappa shape index (κ1) is 13.3. The molecule has 1 heteroatoms. The van der Waals surface area contributed by atoms with Gasteiger partial charge in [-0.15, -0.1) is 0 Å². The molecule has 0 radical (unpaired) electrons. The number of benzene rings is 1. The van der Waals surface area contributed by atoms with Crippen LogP contribution in [0.3, 0.4) is 0 Å². The van der Waals surface area contributed by atoms with Gasteiger partial charge in [-0.1, -0.05) is 56.2 Å². The standard InChI is InChI=1S/C15H21Cl/c1-11(2)10-14(15(3,4)5)12-6-8-13(16)9-7-12/h6-10,14H,1-5H3. The van der Waals surface area contributed by atoms with E-state index in [0.29, 0.717) is 5.92 Å². The predicted octanol–water partition coefficient (Wildman–Crippen LogP) is 5.44. The van der Waals surface area contributed by atoms with Gasteiger partial charge in [0.2, 0.25) is 0 Å². The highest BCUT2D eigenvalue weighted by atomic mass is 35.5. The third-order valence-electron chi connectivity index (χ3n) is 2.66. The molecule has 0 amide bonds. The van der Waals surface area contributed by atoms with Gasteiger partial charge in [-0.05, 0) is 37.0 Å². The van der Waals surface area contributed by atoms with E-state index in [1.54, 1.807) is 0 Å². The van der Waals surface area contributed by atoms with Crippen molar-refractivity contribution in [2.24, 2.45) is 5.41 Å². The highest BCUT2D eigenvalue weighted by Gasteiger charge is 2.23. The molecule has 0 aliphatic carbocycles. The highest BCUT2D eigenvalue weighted by molar-refractivity contribution is 6.30. The normalized spacial score (nSPS) is 13.4. The van der Waals surface area contributed by atoms with Gasteiger partial charge >= 0.3 is 0 Å². The van der Waals surface area contributed by atoms with Crippen LogP contribution in [0.5, 0.6) is 0 Å². The molecule has 0 heterocycles. The first-order valence-corrected chi connectivity index (χ1v) is 6.09. The van der Waals surface area contributed by atoms with E-state index in [1.165, 1.54) is 11.1 Å². The molecule has 0 nitrogen and oxygen atoms in total. The van der Waals surface area contributed by atoms with Crippen molar-refractivity contribution >= 4 is 11.6 Å². The molecule has 1 unspecified atom stereocenters. The van der Waals surface area contributed by atoms with Crippen molar-refractivity contribution in [3.05, 3.63) is 46.5 Å². The fourth-order valence-electron chi connectivity index (χ4n) is 1.85. The Morgan fingerprint density at radius 1 is 1.12 bits per heavy atom. The smallest absolute Gasteiger partial charge is 0.0406 e. The Kier molecular flexibility index (Phi) is 4.21. The van der Waals surface area contributed by atoms with Crippen molar-refractivity contribution in [1.29, 1.82) is 0 Å². The minimum Gasteiger partial charge on any atom is -0.0843 e. The van der Waals surface area contributed by atoms with Crippen molar-refractivity contribution in [2.75, 3.05) is 0 Å². The maximum absolute atomic E-state index is 5.92. The van der Waals surface area contributed by atoms with Crippen LogP contribution in [0.15, 0.2) is 35.9 Å². The van der Waals surface area contributed by atoms with E-state index in [9.17, 15) is 0 Å². The van der Waals surface area contributed by atoms with E-state index in [-0.39, 0.29) is 5.41 Å². The average molecular weight is 237 g/mol. The maximum atomic E-state index is 5.92. The first-order chi connectivity index (χ1) is 7.30. The Balaban J connectivity index is 3.12. The molecule has 1 rings (SSSR count). The summed E-state index contributed by atoms with van der Waals surface area (Å²) in [6.07, 6.45) is 2.34. The Morgan fingerprint density at radius 3 is 2.00 bits per heavy atom. The van der Waals surface area contributed by atoms with E-state index < -0.39 is 0 Å². The van der Waals surface area contributed by atoms with E-state index in [0.717, 1.165) is 5.02 Å². The lowest BCUT2D eigenvalue weighted by atomic mass is 9.76. The van der Waals surface area contributed by atoms with Crippen molar-refractivity contribution < 1.29 is 0 Å². The van der Waals surface area contributed by atoms with Gasteiger partial charge in [0.15, 0.2) is 0 Å². The fourth-order valence-corrected chi connectivity index (χ4v) is 1.98. The van der Waals surface area contributed by atoms with Gasteiger partial charge in [-0.25, -0.2) is 0 Å². The summed E-state index contributed by atoms with van der Waals surface area (Å²) in [6, 6.07) is 8.18. The predicted molar refractivity (Wildman–Crippen MR) is 73.1 cm³/mol. The van der Waals surface area contributed by atoms with E-state index in [4.69, 9.17) is 11.6 Å². The zero-order valence-corrected chi connectivity index (χ0v) is 11.6. The van der Waals surface area contributed by atoms with Crippen LogP contribution in [0.25, 0.3) is 0 Å². The van der Waals surface area contributed by atoms with Gasteiger partial charge in [-0.3, -0.25) is 0 Å². The molecule has 0 saturated carbocycles. The van der Waals surface area contributed by atoms with Crippen LogP contribution >= 0.6 is 11.6 Å².